The van der Waals surface area contributed by atoms with E-state index in [0.29, 0.717) is 13.0 Å². The van der Waals surface area contributed by atoms with E-state index in [1.165, 1.54) is 0 Å². The van der Waals surface area contributed by atoms with Gasteiger partial charge in [0.25, 0.3) is 0 Å². The Hall–Kier alpha value is -1.30. The molecular weight excluding hydrogens is 210 g/mol. The van der Waals surface area contributed by atoms with E-state index in [2.05, 4.69) is 10.6 Å². The van der Waals surface area contributed by atoms with E-state index in [0.717, 1.165) is 13.0 Å². The molecule has 0 aliphatic heterocycles. The maximum Gasteiger partial charge on any atom is 0.326 e. The summed E-state index contributed by atoms with van der Waals surface area (Å²) in [6, 6.07) is -1.23. The number of amides is 2. The minimum absolute atomic E-state index is 0.428. The molecule has 0 heterocycles. The SMILES string of the molecule is CCCC(NC(=O)NCCN(C)C)C(=O)O. The van der Waals surface area contributed by atoms with E-state index in [1.54, 1.807) is 0 Å². The van der Waals surface area contributed by atoms with Gasteiger partial charge in [-0.1, -0.05) is 13.3 Å². The number of urea groups is 1. The van der Waals surface area contributed by atoms with Crippen molar-refractivity contribution in [1.29, 1.82) is 0 Å². The number of likely N-dealkylation sites (N-methyl/N-ethyl adjacent to an activating group) is 1. The van der Waals surface area contributed by atoms with Crippen molar-refractivity contribution in [2.24, 2.45) is 0 Å². The molecule has 3 N–H and O–H groups in total. The fourth-order valence-electron chi connectivity index (χ4n) is 1.15. The van der Waals surface area contributed by atoms with Crippen LogP contribution in [0.25, 0.3) is 0 Å². The quantitative estimate of drug-likeness (QED) is 0.580. The molecule has 0 saturated heterocycles. The zero-order chi connectivity index (χ0) is 12.6. The van der Waals surface area contributed by atoms with Crippen molar-refractivity contribution < 1.29 is 14.7 Å². The molecule has 0 bridgehead atoms. The fraction of sp³-hybridized carbons (Fsp3) is 0.800. The van der Waals surface area contributed by atoms with E-state index in [-0.39, 0.29) is 0 Å². The average molecular weight is 231 g/mol. The topological polar surface area (TPSA) is 81.7 Å². The zero-order valence-corrected chi connectivity index (χ0v) is 10.1. The molecule has 0 aliphatic carbocycles. The largest absolute Gasteiger partial charge is 0.480 e. The van der Waals surface area contributed by atoms with Crippen LogP contribution in [0.1, 0.15) is 19.8 Å². The van der Waals surface area contributed by atoms with Crippen molar-refractivity contribution in [2.45, 2.75) is 25.8 Å². The molecule has 0 aromatic carbocycles. The second kappa shape index (κ2) is 7.92. The smallest absolute Gasteiger partial charge is 0.326 e. The van der Waals surface area contributed by atoms with Gasteiger partial charge in [0, 0.05) is 13.1 Å². The summed E-state index contributed by atoms with van der Waals surface area (Å²) in [5.41, 5.74) is 0. The third-order valence-corrected chi connectivity index (χ3v) is 2.03. The monoisotopic (exact) mass is 231 g/mol. The Morgan fingerprint density at radius 2 is 2.00 bits per heavy atom. The molecule has 16 heavy (non-hydrogen) atoms. The first kappa shape index (κ1) is 14.7. The van der Waals surface area contributed by atoms with E-state index in [4.69, 9.17) is 5.11 Å². The molecule has 1 unspecified atom stereocenters. The molecule has 0 radical (unpaired) electrons. The lowest BCUT2D eigenvalue weighted by atomic mass is 10.2. The number of rotatable bonds is 7. The van der Waals surface area contributed by atoms with Crippen molar-refractivity contribution in [2.75, 3.05) is 27.2 Å². The highest BCUT2D eigenvalue weighted by Gasteiger charge is 2.18. The third kappa shape index (κ3) is 7.05. The van der Waals surface area contributed by atoms with E-state index in [9.17, 15) is 9.59 Å². The van der Waals surface area contributed by atoms with Gasteiger partial charge >= 0.3 is 12.0 Å². The lowest BCUT2D eigenvalue weighted by Gasteiger charge is -2.15. The van der Waals surface area contributed by atoms with E-state index >= 15 is 0 Å². The van der Waals surface area contributed by atoms with Crippen molar-refractivity contribution in [3.63, 3.8) is 0 Å². The standard InChI is InChI=1S/C10H21N3O3/c1-4-5-8(9(14)15)12-10(16)11-6-7-13(2)3/h8H,4-7H2,1-3H3,(H,14,15)(H2,11,12,16). The van der Waals surface area contributed by atoms with Crippen LogP contribution in [0.15, 0.2) is 0 Å². The van der Waals surface area contributed by atoms with Crippen molar-refractivity contribution in [3.8, 4) is 0 Å². The van der Waals surface area contributed by atoms with Crippen LogP contribution < -0.4 is 10.6 Å². The molecule has 94 valence electrons. The maximum absolute atomic E-state index is 11.3. The predicted octanol–water partition coefficient (Wildman–Crippen LogP) is 0.101. The minimum Gasteiger partial charge on any atom is -0.480 e. The number of carboxylic acids is 1. The Labute approximate surface area is 96.0 Å². The molecule has 1 atom stereocenters. The number of hydrogen-bond acceptors (Lipinski definition) is 3. The summed E-state index contributed by atoms with van der Waals surface area (Å²) in [6.45, 7) is 3.10. The van der Waals surface area contributed by atoms with Gasteiger partial charge in [0.2, 0.25) is 0 Å². The van der Waals surface area contributed by atoms with Crippen molar-refractivity contribution in [3.05, 3.63) is 0 Å². The molecule has 2 amide bonds. The zero-order valence-electron chi connectivity index (χ0n) is 10.1. The minimum atomic E-state index is -0.996. The number of nitrogens with one attached hydrogen (secondary N) is 2. The van der Waals surface area contributed by atoms with Gasteiger partial charge in [-0.25, -0.2) is 9.59 Å². The number of carbonyl (C=O) groups is 2. The summed E-state index contributed by atoms with van der Waals surface area (Å²) in [5.74, 6) is -0.996. The Bertz CT molecular complexity index is 231. The van der Waals surface area contributed by atoms with Gasteiger partial charge in [-0.2, -0.15) is 0 Å². The van der Waals surface area contributed by atoms with Gasteiger partial charge in [-0.15, -0.1) is 0 Å². The van der Waals surface area contributed by atoms with Crippen LogP contribution in [-0.2, 0) is 4.79 Å². The summed E-state index contributed by atoms with van der Waals surface area (Å²) in [5, 5.41) is 13.8. The van der Waals surface area contributed by atoms with E-state index in [1.807, 2.05) is 25.9 Å². The highest BCUT2D eigenvalue weighted by atomic mass is 16.4. The number of nitrogens with zero attached hydrogens (tertiary/aromatic N) is 1. The highest BCUT2D eigenvalue weighted by molar-refractivity contribution is 5.82. The molecule has 6 heteroatoms. The molecule has 0 aromatic rings. The number of carbonyl (C=O) groups excluding carboxylic acids is 1. The Morgan fingerprint density at radius 1 is 1.38 bits per heavy atom. The summed E-state index contributed by atoms with van der Waals surface area (Å²) >= 11 is 0. The number of carboxylic acid groups (broad SMARTS) is 1. The van der Waals surface area contributed by atoms with Gasteiger partial charge in [-0.05, 0) is 20.5 Å². The fourth-order valence-corrected chi connectivity index (χ4v) is 1.15. The molecule has 0 saturated carbocycles. The first-order valence-corrected chi connectivity index (χ1v) is 5.39. The molecule has 0 spiro atoms. The van der Waals surface area contributed by atoms with Gasteiger partial charge < -0.3 is 20.6 Å². The second-order valence-corrected chi connectivity index (χ2v) is 3.88. The van der Waals surface area contributed by atoms with E-state index < -0.39 is 18.0 Å². The molecule has 0 rings (SSSR count). The first-order valence-electron chi connectivity index (χ1n) is 5.39. The Kier molecular flexibility index (Phi) is 7.28. The molecular formula is C10H21N3O3. The summed E-state index contributed by atoms with van der Waals surface area (Å²) in [7, 11) is 3.80. The second-order valence-electron chi connectivity index (χ2n) is 3.88. The van der Waals surface area contributed by atoms with Gasteiger partial charge in [-0.3, -0.25) is 0 Å². The average Bonchev–Trinajstić information content (AvgIpc) is 2.16. The lowest BCUT2D eigenvalue weighted by molar-refractivity contribution is -0.139. The van der Waals surface area contributed by atoms with Crippen LogP contribution in [0.5, 0.6) is 0 Å². The van der Waals surface area contributed by atoms with Crippen molar-refractivity contribution in [1.82, 2.24) is 15.5 Å². The first-order chi connectivity index (χ1) is 7.47. The summed E-state index contributed by atoms with van der Waals surface area (Å²) in [6.07, 6.45) is 1.16. The molecule has 0 aromatic heterocycles. The lowest BCUT2D eigenvalue weighted by Crippen LogP contribution is -2.47. The maximum atomic E-state index is 11.3. The van der Waals surface area contributed by atoms with Crippen molar-refractivity contribution >= 4 is 12.0 Å². The number of hydrogen-bond donors (Lipinski definition) is 3. The highest BCUT2D eigenvalue weighted by Crippen LogP contribution is 1.96. The van der Waals surface area contributed by atoms with Gasteiger partial charge in [0.15, 0.2) is 0 Å². The summed E-state index contributed by atoms with van der Waals surface area (Å²) in [4.78, 5) is 24.0. The summed E-state index contributed by atoms with van der Waals surface area (Å²) < 4.78 is 0. The van der Waals surface area contributed by atoms with Crippen LogP contribution in [0.4, 0.5) is 4.79 Å². The van der Waals surface area contributed by atoms with Crippen LogP contribution in [-0.4, -0.2) is 55.2 Å². The van der Waals surface area contributed by atoms with Gasteiger partial charge in [0.1, 0.15) is 6.04 Å². The molecule has 0 fully saturated rings. The van der Waals surface area contributed by atoms with Crippen LogP contribution in [0.2, 0.25) is 0 Å². The molecule has 6 nitrogen and oxygen atoms in total. The Balaban J connectivity index is 3.86. The predicted molar refractivity (Wildman–Crippen MR) is 61.4 cm³/mol. The van der Waals surface area contributed by atoms with Crippen LogP contribution >= 0.6 is 0 Å². The van der Waals surface area contributed by atoms with Crippen LogP contribution in [0, 0.1) is 0 Å². The Morgan fingerprint density at radius 3 is 2.44 bits per heavy atom. The number of aliphatic carboxylic acids is 1. The molecule has 0 aliphatic rings. The van der Waals surface area contributed by atoms with Gasteiger partial charge in [0.05, 0.1) is 0 Å². The third-order valence-electron chi connectivity index (χ3n) is 2.03. The van der Waals surface area contributed by atoms with Crippen LogP contribution in [0.3, 0.4) is 0 Å². The normalized spacial score (nSPS) is 12.2.